The minimum absolute atomic E-state index is 0.0124. The molecule has 182 valence electrons. The number of aryl methyl sites for hydroxylation is 1. The molecule has 13 heteroatoms. The number of rotatable bonds is 4. The summed E-state index contributed by atoms with van der Waals surface area (Å²) < 4.78 is 43.7. The number of fused-ring (bicyclic) bond motifs is 1. The maximum absolute atomic E-state index is 14.3. The van der Waals surface area contributed by atoms with Crippen molar-refractivity contribution in [3.63, 3.8) is 0 Å². The minimum atomic E-state index is -1.28. The lowest BCUT2D eigenvalue weighted by atomic mass is 10.1. The molecule has 0 aliphatic heterocycles. The van der Waals surface area contributed by atoms with Gasteiger partial charge in [-0.3, -0.25) is 0 Å². The highest BCUT2D eigenvalue weighted by molar-refractivity contribution is 5.93. The first kappa shape index (κ1) is 22.8. The number of para-hydroxylation sites is 1. The third kappa shape index (κ3) is 3.66. The Morgan fingerprint density at radius 3 is 1.94 bits per heavy atom. The molecule has 0 aliphatic carbocycles. The molecule has 0 fully saturated rings. The summed E-state index contributed by atoms with van der Waals surface area (Å²) in [6, 6.07) is 8.46. The Balaban J connectivity index is 1.66. The van der Waals surface area contributed by atoms with Crippen molar-refractivity contribution < 1.29 is 13.2 Å². The molecule has 5 aromatic rings. The van der Waals surface area contributed by atoms with Crippen LogP contribution in [0, 0.1) is 24.4 Å². The van der Waals surface area contributed by atoms with Crippen molar-refractivity contribution in [2.24, 2.45) is 0 Å². The van der Waals surface area contributed by atoms with Gasteiger partial charge >= 0.3 is 0 Å². The topological polar surface area (TPSA) is 173 Å². The van der Waals surface area contributed by atoms with E-state index in [9.17, 15) is 13.2 Å². The Morgan fingerprint density at radius 2 is 1.31 bits per heavy atom. The molecule has 0 amide bonds. The van der Waals surface area contributed by atoms with Crippen LogP contribution < -0.4 is 22.9 Å². The zero-order valence-corrected chi connectivity index (χ0v) is 18.8. The van der Waals surface area contributed by atoms with Gasteiger partial charge in [-0.2, -0.15) is 19.7 Å². The van der Waals surface area contributed by atoms with E-state index in [1.807, 2.05) is 0 Å². The Labute approximate surface area is 201 Å². The Morgan fingerprint density at radius 1 is 0.750 bits per heavy atom. The maximum atomic E-state index is 14.3. The summed E-state index contributed by atoms with van der Waals surface area (Å²) in [7, 11) is 0. The number of hydrogen-bond acceptors (Lipinski definition) is 9. The van der Waals surface area contributed by atoms with Crippen LogP contribution in [0.5, 0.6) is 0 Å². The van der Waals surface area contributed by atoms with Gasteiger partial charge in [-0.15, -0.1) is 0 Å². The number of benzene rings is 2. The highest BCUT2D eigenvalue weighted by atomic mass is 19.2. The summed E-state index contributed by atoms with van der Waals surface area (Å²) in [5, 5.41) is 5.00. The smallest absolute Gasteiger partial charge is 0.255 e. The number of nitrogen functional groups attached to an aromatic ring is 4. The van der Waals surface area contributed by atoms with Crippen LogP contribution in [0.15, 0.2) is 36.4 Å². The first-order valence-electron chi connectivity index (χ1n) is 10.6. The lowest BCUT2D eigenvalue weighted by molar-refractivity contribution is 0.482. The second-order valence-corrected chi connectivity index (χ2v) is 7.96. The number of hydrogen-bond donors (Lipinski definition) is 4. The van der Waals surface area contributed by atoms with Gasteiger partial charge in [-0.25, -0.2) is 23.1 Å². The molecule has 5 rings (SSSR count). The molecule has 0 bridgehead atoms. The lowest BCUT2D eigenvalue weighted by Crippen LogP contribution is -2.12. The molecule has 3 aromatic heterocycles. The lowest BCUT2D eigenvalue weighted by Gasteiger charge is -2.14. The Kier molecular flexibility index (Phi) is 5.31. The van der Waals surface area contributed by atoms with Gasteiger partial charge in [0.05, 0.1) is 22.3 Å². The molecule has 0 aliphatic rings. The van der Waals surface area contributed by atoms with Crippen LogP contribution in [0.4, 0.5) is 36.4 Å². The highest BCUT2D eigenvalue weighted by Gasteiger charge is 2.23. The Hall–Kier alpha value is -4.94. The second kappa shape index (κ2) is 8.37. The summed E-state index contributed by atoms with van der Waals surface area (Å²) in [6.45, 7) is 1.63. The van der Waals surface area contributed by atoms with Crippen LogP contribution in [0.1, 0.15) is 17.1 Å². The number of halogens is 3. The van der Waals surface area contributed by atoms with E-state index in [1.54, 1.807) is 31.2 Å². The van der Waals surface area contributed by atoms with Crippen molar-refractivity contribution in [2.45, 2.75) is 13.3 Å². The van der Waals surface area contributed by atoms with E-state index in [-0.39, 0.29) is 52.5 Å². The van der Waals surface area contributed by atoms with Gasteiger partial charge in [0, 0.05) is 17.4 Å². The molecule has 10 nitrogen and oxygen atoms in total. The normalized spacial score (nSPS) is 11.3. The molecule has 2 aromatic carbocycles. The van der Waals surface area contributed by atoms with E-state index in [0.29, 0.717) is 16.7 Å². The summed E-state index contributed by atoms with van der Waals surface area (Å²) in [5.41, 5.74) is 25.2. The van der Waals surface area contributed by atoms with Crippen molar-refractivity contribution in [3.05, 3.63) is 70.9 Å². The SMILES string of the molecule is Cc1nc(N)c(-c2c(N)nc(-n3nc(Cc4c(F)ccc(F)c4F)c4ccccc43)nc2N)c(N)n1. The van der Waals surface area contributed by atoms with Gasteiger partial charge in [0.1, 0.15) is 34.9 Å². The van der Waals surface area contributed by atoms with E-state index in [1.165, 1.54) is 4.68 Å². The van der Waals surface area contributed by atoms with Crippen molar-refractivity contribution >= 4 is 34.2 Å². The van der Waals surface area contributed by atoms with Gasteiger partial charge in [-0.05, 0) is 25.1 Å². The third-order valence-corrected chi connectivity index (χ3v) is 5.62. The van der Waals surface area contributed by atoms with Crippen LogP contribution in [-0.4, -0.2) is 29.7 Å². The number of nitrogens with two attached hydrogens (primary N) is 4. The van der Waals surface area contributed by atoms with E-state index in [2.05, 4.69) is 25.0 Å². The Bertz CT molecular complexity index is 1620. The molecule has 0 atom stereocenters. The van der Waals surface area contributed by atoms with E-state index in [4.69, 9.17) is 22.9 Å². The number of anilines is 4. The molecule has 0 spiro atoms. The van der Waals surface area contributed by atoms with Crippen LogP contribution >= 0.6 is 0 Å². The average Bonchev–Trinajstić information content (AvgIpc) is 3.19. The first-order valence-corrected chi connectivity index (χ1v) is 10.6. The van der Waals surface area contributed by atoms with Crippen LogP contribution in [0.2, 0.25) is 0 Å². The van der Waals surface area contributed by atoms with Crippen molar-refractivity contribution in [1.82, 2.24) is 29.7 Å². The molecular formula is C23H19F3N10. The third-order valence-electron chi connectivity index (χ3n) is 5.62. The second-order valence-electron chi connectivity index (χ2n) is 7.96. The predicted octanol–water partition coefficient (Wildman–Crippen LogP) is 2.92. The quantitative estimate of drug-likeness (QED) is 0.275. The largest absolute Gasteiger partial charge is 0.383 e. The van der Waals surface area contributed by atoms with Crippen LogP contribution in [0.25, 0.3) is 28.0 Å². The van der Waals surface area contributed by atoms with Gasteiger partial charge in [0.25, 0.3) is 5.95 Å². The summed E-state index contributed by atoms with van der Waals surface area (Å²) >= 11 is 0. The number of aromatic nitrogens is 6. The molecule has 0 radical (unpaired) electrons. The van der Waals surface area contributed by atoms with E-state index in [0.717, 1.165) is 12.1 Å². The fourth-order valence-electron chi connectivity index (χ4n) is 4.02. The molecule has 8 N–H and O–H groups in total. The minimum Gasteiger partial charge on any atom is -0.383 e. The van der Waals surface area contributed by atoms with Gasteiger partial charge in [0.15, 0.2) is 11.6 Å². The van der Waals surface area contributed by atoms with Crippen molar-refractivity contribution in [3.8, 4) is 17.1 Å². The maximum Gasteiger partial charge on any atom is 0.255 e. The van der Waals surface area contributed by atoms with Gasteiger partial charge in [0.2, 0.25) is 0 Å². The summed E-state index contributed by atoms with van der Waals surface area (Å²) in [6.07, 6.45) is -0.320. The summed E-state index contributed by atoms with van der Waals surface area (Å²) in [5.74, 6) is -2.99. The van der Waals surface area contributed by atoms with Crippen molar-refractivity contribution in [2.75, 3.05) is 22.9 Å². The molecule has 0 unspecified atom stereocenters. The molecule has 0 saturated heterocycles. The predicted molar refractivity (Wildman–Crippen MR) is 129 cm³/mol. The molecule has 3 heterocycles. The molecule has 0 saturated carbocycles. The van der Waals surface area contributed by atoms with Gasteiger partial charge in [-0.1, -0.05) is 18.2 Å². The fraction of sp³-hybridized carbons (Fsp3) is 0.0870. The van der Waals surface area contributed by atoms with Crippen LogP contribution in [-0.2, 0) is 6.42 Å². The highest BCUT2D eigenvalue weighted by Crippen LogP contribution is 2.37. The summed E-state index contributed by atoms with van der Waals surface area (Å²) in [4.78, 5) is 16.8. The number of nitrogens with zero attached hydrogens (tertiary/aromatic N) is 6. The monoisotopic (exact) mass is 492 g/mol. The van der Waals surface area contributed by atoms with Crippen LogP contribution in [0.3, 0.4) is 0 Å². The molecular weight excluding hydrogens is 473 g/mol. The average molecular weight is 492 g/mol. The van der Waals surface area contributed by atoms with Crippen molar-refractivity contribution in [1.29, 1.82) is 0 Å². The van der Waals surface area contributed by atoms with Gasteiger partial charge < -0.3 is 22.9 Å². The standard InChI is InChI=1S/C23H19F3N10/c1-9-31-19(27)16(20(28)32-9)17-21(29)33-23(34-22(17)30)36-15-5-3-2-4-10(15)14(35-36)8-11-12(24)6-7-13(25)18(11)26/h2-7H,8H2,1H3,(H4,27,28,31,32)(H4,29,30,33,34). The van der Waals surface area contributed by atoms with E-state index < -0.39 is 23.0 Å². The first-order chi connectivity index (χ1) is 17.2. The fourth-order valence-corrected chi connectivity index (χ4v) is 4.02. The zero-order chi connectivity index (χ0) is 25.7. The molecule has 36 heavy (non-hydrogen) atoms. The zero-order valence-electron chi connectivity index (χ0n) is 18.8. The van der Waals surface area contributed by atoms with E-state index >= 15 is 0 Å².